The number of carbonyl (C=O) groups is 4. The maximum Gasteiger partial charge on any atom is 0.331 e. The van der Waals surface area contributed by atoms with Gasteiger partial charge in [-0.1, -0.05) is 38.1 Å². The molecular weight excluding hydrogens is 474 g/mol. The average molecular weight is 498 g/mol. The second kappa shape index (κ2) is 8.22. The van der Waals surface area contributed by atoms with E-state index in [1.165, 1.54) is 6.33 Å². The van der Waals surface area contributed by atoms with E-state index in [0.717, 1.165) is 16.2 Å². The third-order valence-electron chi connectivity index (χ3n) is 6.87. The van der Waals surface area contributed by atoms with E-state index < -0.39 is 30.4 Å². The molecule has 0 spiro atoms. The maximum absolute atomic E-state index is 13.2. The Morgan fingerprint density at radius 2 is 1.70 bits per heavy atom. The SMILES string of the molecule is CC1(C)CC(=O)C2=C(C1)Nc1ncnn1C2c1ccc(OC(=O)CN2C(=O)c3ccccc3C2=O)cc1. The highest BCUT2D eigenvalue weighted by Crippen LogP contribution is 2.45. The number of imide groups is 1. The van der Waals surface area contributed by atoms with Gasteiger partial charge in [0.05, 0.1) is 11.1 Å². The summed E-state index contributed by atoms with van der Waals surface area (Å²) in [6.07, 6.45) is 2.59. The third kappa shape index (κ3) is 3.81. The number of carbonyl (C=O) groups excluding carboxylic acids is 4. The first-order chi connectivity index (χ1) is 17.7. The average Bonchev–Trinajstić information content (AvgIpc) is 3.41. The number of esters is 1. The van der Waals surface area contributed by atoms with E-state index in [2.05, 4.69) is 29.2 Å². The van der Waals surface area contributed by atoms with Gasteiger partial charge in [0, 0.05) is 17.7 Å². The van der Waals surface area contributed by atoms with Gasteiger partial charge in [0.25, 0.3) is 11.8 Å². The van der Waals surface area contributed by atoms with Crippen LogP contribution in [0.2, 0.25) is 0 Å². The molecule has 0 bridgehead atoms. The number of nitrogens with zero attached hydrogens (tertiary/aromatic N) is 4. The molecule has 0 fully saturated rings. The molecule has 3 heterocycles. The number of hydrogen-bond donors (Lipinski definition) is 1. The van der Waals surface area contributed by atoms with Crippen molar-refractivity contribution in [2.24, 2.45) is 5.41 Å². The highest BCUT2D eigenvalue weighted by molar-refractivity contribution is 6.22. The van der Waals surface area contributed by atoms with Crippen molar-refractivity contribution >= 4 is 29.5 Å². The zero-order chi connectivity index (χ0) is 25.9. The Morgan fingerprint density at radius 3 is 2.38 bits per heavy atom. The number of allylic oxidation sites excluding steroid dienone is 2. The summed E-state index contributed by atoms with van der Waals surface area (Å²) in [6.45, 7) is 3.64. The fourth-order valence-corrected chi connectivity index (χ4v) is 5.25. The van der Waals surface area contributed by atoms with Gasteiger partial charge in [-0.3, -0.25) is 19.3 Å². The molecule has 0 saturated carbocycles. The summed E-state index contributed by atoms with van der Waals surface area (Å²) < 4.78 is 7.09. The van der Waals surface area contributed by atoms with E-state index in [9.17, 15) is 19.2 Å². The van der Waals surface area contributed by atoms with Crippen molar-refractivity contribution in [2.75, 3.05) is 11.9 Å². The van der Waals surface area contributed by atoms with Crippen LogP contribution in [0.1, 0.15) is 59.0 Å². The Morgan fingerprint density at radius 1 is 1.03 bits per heavy atom. The summed E-state index contributed by atoms with van der Waals surface area (Å²) in [5.74, 6) is -0.911. The minimum Gasteiger partial charge on any atom is -0.425 e. The lowest BCUT2D eigenvalue weighted by molar-refractivity contribution is -0.134. The van der Waals surface area contributed by atoms with Crippen molar-refractivity contribution in [1.82, 2.24) is 19.7 Å². The van der Waals surface area contributed by atoms with Crippen LogP contribution < -0.4 is 10.1 Å². The summed E-state index contributed by atoms with van der Waals surface area (Å²) in [6, 6.07) is 12.8. The standard InChI is InChI=1S/C27H23N5O5/c1-27(2)11-19-22(20(33)12-27)23(32-26(30-19)28-14-29-32)15-7-9-16(10-8-15)37-21(34)13-31-24(35)17-5-3-4-6-18(17)25(31)36/h3-10,14,23H,11-13H2,1-2H3,(H,28,29,30). The van der Waals surface area contributed by atoms with Gasteiger partial charge in [0.15, 0.2) is 5.78 Å². The van der Waals surface area contributed by atoms with Gasteiger partial charge in [-0.05, 0) is 41.7 Å². The lowest BCUT2D eigenvalue weighted by Gasteiger charge is -2.38. The molecule has 2 amide bonds. The lowest BCUT2D eigenvalue weighted by Crippen LogP contribution is -2.37. The Bertz CT molecular complexity index is 1480. The molecule has 3 aliphatic rings. The van der Waals surface area contributed by atoms with Gasteiger partial charge >= 0.3 is 5.97 Å². The maximum atomic E-state index is 13.2. The first kappa shape index (κ1) is 22.8. The van der Waals surface area contributed by atoms with E-state index in [1.54, 1.807) is 53.2 Å². The summed E-state index contributed by atoms with van der Waals surface area (Å²) >= 11 is 0. The number of fused-ring (bicyclic) bond motifs is 2. The summed E-state index contributed by atoms with van der Waals surface area (Å²) in [5, 5.41) is 7.61. The van der Waals surface area contributed by atoms with Crippen molar-refractivity contribution in [3.8, 4) is 5.75 Å². The highest BCUT2D eigenvalue weighted by Gasteiger charge is 2.41. The van der Waals surface area contributed by atoms with Crippen molar-refractivity contribution < 1.29 is 23.9 Å². The number of Topliss-reactive ketones (excluding diaryl/α,β-unsaturated/α-hetero) is 1. The molecule has 0 saturated heterocycles. The first-order valence-corrected chi connectivity index (χ1v) is 11.9. The summed E-state index contributed by atoms with van der Waals surface area (Å²) in [5.41, 5.74) is 2.68. The van der Waals surface area contributed by atoms with E-state index in [4.69, 9.17) is 4.74 Å². The molecule has 2 aliphatic heterocycles. The van der Waals surface area contributed by atoms with E-state index in [-0.39, 0.29) is 28.1 Å². The van der Waals surface area contributed by atoms with Gasteiger partial charge in [0.1, 0.15) is 24.7 Å². The molecular formula is C27H23N5O5. The van der Waals surface area contributed by atoms with Crippen LogP contribution in [0, 0.1) is 5.41 Å². The van der Waals surface area contributed by atoms with E-state index >= 15 is 0 Å². The molecule has 1 aromatic heterocycles. The number of aromatic nitrogens is 3. The number of amides is 2. The van der Waals surface area contributed by atoms with Gasteiger partial charge in [-0.15, -0.1) is 0 Å². The molecule has 10 heteroatoms. The Labute approximate surface area is 211 Å². The molecule has 37 heavy (non-hydrogen) atoms. The first-order valence-electron chi connectivity index (χ1n) is 11.9. The minimum atomic E-state index is -0.739. The Hall–Kier alpha value is -4.60. The van der Waals surface area contributed by atoms with Crippen LogP contribution in [-0.4, -0.2) is 49.8 Å². The number of ether oxygens (including phenoxy) is 1. The fraction of sp³-hybridized carbons (Fsp3) is 0.259. The minimum absolute atomic E-state index is 0.0568. The fourth-order valence-electron chi connectivity index (χ4n) is 5.25. The van der Waals surface area contributed by atoms with Crippen molar-refractivity contribution in [1.29, 1.82) is 0 Å². The molecule has 10 nitrogen and oxygen atoms in total. The molecule has 2 aromatic carbocycles. The normalized spacial score (nSPS) is 19.8. The van der Waals surface area contributed by atoms with Crippen LogP contribution in [0.4, 0.5) is 5.95 Å². The van der Waals surface area contributed by atoms with Crippen LogP contribution in [0.15, 0.2) is 66.1 Å². The lowest BCUT2D eigenvalue weighted by atomic mass is 9.73. The molecule has 1 N–H and O–H groups in total. The number of rotatable bonds is 4. The van der Waals surface area contributed by atoms with Crippen molar-refractivity contribution in [2.45, 2.75) is 32.7 Å². The summed E-state index contributed by atoms with van der Waals surface area (Å²) in [4.78, 5) is 56.0. The predicted molar refractivity (Wildman–Crippen MR) is 131 cm³/mol. The van der Waals surface area contributed by atoms with E-state index in [0.29, 0.717) is 24.4 Å². The van der Waals surface area contributed by atoms with Crippen LogP contribution in [0.3, 0.4) is 0 Å². The number of ketones is 1. The van der Waals surface area contributed by atoms with Crippen LogP contribution in [-0.2, 0) is 9.59 Å². The Balaban J connectivity index is 1.21. The largest absolute Gasteiger partial charge is 0.425 e. The Kier molecular flexibility index (Phi) is 5.08. The van der Waals surface area contributed by atoms with Crippen molar-refractivity contribution in [3.63, 3.8) is 0 Å². The van der Waals surface area contributed by atoms with Crippen LogP contribution in [0.5, 0.6) is 5.75 Å². The van der Waals surface area contributed by atoms with Crippen molar-refractivity contribution in [3.05, 3.63) is 82.8 Å². The van der Waals surface area contributed by atoms with Gasteiger partial charge < -0.3 is 10.1 Å². The molecule has 186 valence electrons. The molecule has 0 radical (unpaired) electrons. The molecule has 3 aromatic rings. The smallest absolute Gasteiger partial charge is 0.331 e. The monoisotopic (exact) mass is 497 g/mol. The predicted octanol–water partition coefficient (Wildman–Crippen LogP) is 3.14. The van der Waals surface area contributed by atoms with Crippen LogP contribution >= 0.6 is 0 Å². The van der Waals surface area contributed by atoms with Gasteiger partial charge in [-0.25, -0.2) is 9.48 Å². The molecule has 6 rings (SSSR count). The second-order valence-corrected chi connectivity index (χ2v) is 10.2. The highest BCUT2D eigenvalue weighted by atomic mass is 16.5. The second-order valence-electron chi connectivity index (χ2n) is 10.2. The third-order valence-corrected chi connectivity index (χ3v) is 6.87. The summed E-state index contributed by atoms with van der Waals surface area (Å²) in [7, 11) is 0. The van der Waals surface area contributed by atoms with Crippen LogP contribution in [0.25, 0.3) is 0 Å². The number of anilines is 1. The topological polar surface area (TPSA) is 123 Å². The molecule has 1 atom stereocenters. The zero-order valence-electron chi connectivity index (χ0n) is 20.2. The number of benzene rings is 2. The molecule has 1 aliphatic carbocycles. The number of hydrogen-bond acceptors (Lipinski definition) is 8. The van der Waals surface area contributed by atoms with Gasteiger partial charge in [-0.2, -0.15) is 10.1 Å². The van der Waals surface area contributed by atoms with Gasteiger partial charge in [0.2, 0.25) is 5.95 Å². The molecule has 1 unspecified atom stereocenters. The number of nitrogens with one attached hydrogen (secondary N) is 1. The quantitative estimate of drug-likeness (QED) is 0.331. The zero-order valence-corrected chi connectivity index (χ0v) is 20.2. The van der Waals surface area contributed by atoms with E-state index in [1.807, 2.05) is 0 Å².